The van der Waals surface area contributed by atoms with E-state index >= 15 is 0 Å². The van der Waals surface area contributed by atoms with E-state index in [0.717, 1.165) is 11.1 Å². The first-order valence-corrected chi connectivity index (χ1v) is 6.78. The van der Waals surface area contributed by atoms with Crippen LogP contribution >= 0.6 is 0 Å². The molecule has 0 aliphatic heterocycles. The number of hydrogen-bond donors (Lipinski definition) is 3. The molecule has 0 unspecified atom stereocenters. The lowest BCUT2D eigenvalue weighted by atomic mass is 10.0. The van der Waals surface area contributed by atoms with Crippen molar-refractivity contribution in [2.75, 3.05) is 13.2 Å². The summed E-state index contributed by atoms with van der Waals surface area (Å²) in [4.78, 5) is 12.1. The molecule has 0 spiro atoms. The third kappa shape index (κ3) is 3.68. The number of rotatable bonds is 5. The summed E-state index contributed by atoms with van der Waals surface area (Å²) in [6.45, 7) is 0.942. The van der Waals surface area contributed by atoms with Gasteiger partial charge in [-0.1, -0.05) is 42.5 Å². The van der Waals surface area contributed by atoms with E-state index in [4.69, 9.17) is 0 Å². The third-order valence-corrected chi connectivity index (χ3v) is 3.37. The first-order valence-electron chi connectivity index (χ1n) is 6.78. The molecule has 0 atom stereocenters. The molecule has 0 radical (unpaired) electrons. The summed E-state index contributed by atoms with van der Waals surface area (Å²) in [5.41, 5.74) is 1.58. The molecule has 21 heavy (non-hydrogen) atoms. The molecule has 0 heterocycles. The van der Waals surface area contributed by atoms with Crippen molar-refractivity contribution in [3.8, 4) is 11.1 Å². The highest BCUT2D eigenvalue weighted by Crippen LogP contribution is 2.19. The van der Waals surface area contributed by atoms with Gasteiger partial charge in [-0.2, -0.15) is 0 Å². The number of aliphatic hydroxyl groups excluding tert-OH is 2. The molecule has 2 aromatic rings. The predicted octanol–water partition coefficient (Wildman–Crippen LogP) is 1.83. The van der Waals surface area contributed by atoms with Crippen LogP contribution in [0, 0.1) is 0 Å². The van der Waals surface area contributed by atoms with Crippen LogP contribution in [0.5, 0.6) is 0 Å². The van der Waals surface area contributed by atoms with E-state index in [1.165, 1.54) is 0 Å². The van der Waals surface area contributed by atoms with Crippen LogP contribution in [0.3, 0.4) is 0 Å². The van der Waals surface area contributed by atoms with Gasteiger partial charge in [-0.05, 0) is 30.2 Å². The molecule has 0 bridgehead atoms. The van der Waals surface area contributed by atoms with Crippen LogP contribution < -0.4 is 5.32 Å². The second kappa shape index (κ2) is 6.52. The highest BCUT2D eigenvalue weighted by Gasteiger charge is 2.24. The van der Waals surface area contributed by atoms with Crippen LogP contribution in [0.4, 0.5) is 0 Å². The normalized spacial score (nSPS) is 11.2. The molecule has 0 saturated carbocycles. The molecule has 2 aromatic carbocycles. The van der Waals surface area contributed by atoms with Crippen molar-refractivity contribution in [3.63, 3.8) is 0 Å². The number of carbonyl (C=O) groups is 1. The van der Waals surface area contributed by atoms with Gasteiger partial charge in [0.05, 0.1) is 18.8 Å². The highest BCUT2D eigenvalue weighted by molar-refractivity contribution is 5.95. The maximum absolute atomic E-state index is 12.1. The molecule has 0 aliphatic rings. The Morgan fingerprint density at radius 3 is 2.00 bits per heavy atom. The van der Waals surface area contributed by atoms with E-state index in [9.17, 15) is 15.0 Å². The minimum absolute atomic E-state index is 0.319. The van der Waals surface area contributed by atoms with Gasteiger partial charge in [0.15, 0.2) is 0 Å². The standard InChI is InChI=1S/C17H19NO3/c1-17(11-19,12-20)18-16(21)15-9-7-14(8-10-15)13-5-3-2-4-6-13/h2-10,19-20H,11-12H2,1H3,(H,18,21). The monoisotopic (exact) mass is 285 g/mol. The molecule has 0 aliphatic carbocycles. The van der Waals surface area contributed by atoms with Crippen LogP contribution in [0.1, 0.15) is 17.3 Å². The minimum Gasteiger partial charge on any atom is -0.394 e. The van der Waals surface area contributed by atoms with Crippen LogP contribution in [-0.4, -0.2) is 34.9 Å². The van der Waals surface area contributed by atoms with Gasteiger partial charge in [-0.25, -0.2) is 0 Å². The highest BCUT2D eigenvalue weighted by atomic mass is 16.3. The molecule has 4 nitrogen and oxygen atoms in total. The van der Waals surface area contributed by atoms with Gasteiger partial charge in [-0.15, -0.1) is 0 Å². The summed E-state index contributed by atoms with van der Waals surface area (Å²) >= 11 is 0. The summed E-state index contributed by atoms with van der Waals surface area (Å²) in [5, 5.41) is 21.0. The Hall–Kier alpha value is -2.17. The van der Waals surface area contributed by atoms with Crippen molar-refractivity contribution in [1.82, 2.24) is 5.32 Å². The van der Waals surface area contributed by atoms with Crippen molar-refractivity contribution in [1.29, 1.82) is 0 Å². The van der Waals surface area contributed by atoms with Crippen LogP contribution in [0.25, 0.3) is 11.1 Å². The lowest BCUT2D eigenvalue weighted by Gasteiger charge is -2.26. The van der Waals surface area contributed by atoms with Crippen molar-refractivity contribution in [2.45, 2.75) is 12.5 Å². The smallest absolute Gasteiger partial charge is 0.251 e. The minimum atomic E-state index is -1.02. The lowest BCUT2D eigenvalue weighted by Crippen LogP contribution is -2.51. The fourth-order valence-corrected chi connectivity index (χ4v) is 1.92. The van der Waals surface area contributed by atoms with Crippen molar-refractivity contribution >= 4 is 5.91 Å². The fourth-order valence-electron chi connectivity index (χ4n) is 1.92. The second-order valence-corrected chi connectivity index (χ2v) is 5.27. The van der Waals surface area contributed by atoms with Gasteiger partial charge in [0.25, 0.3) is 5.91 Å². The molecular formula is C17H19NO3. The average molecular weight is 285 g/mol. The van der Waals surface area contributed by atoms with E-state index in [1.807, 2.05) is 42.5 Å². The van der Waals surface area contributed by atoms with Gasteiger partial charge in [0, 0.05) is 5.56 Å². The Bertz CT molecular complexity index is 589. The van der Waals surface area contributed by atoms with Crippen LogP contribution in [0.2, 0.25) is 0 Å². The molecule has 1 amide bonds. The van der Waals surface area contributed by atoms with Gasteiger partial charge >= 0.3 is 0 Å². The van der Waals surface area contributed by atoms with Crippen molar-refractivity contribution in [2.24, 2.45) is 0 Å². The van der Waals surface area contributed by atoms with Gasteiger partial charge in [-0.3, -0.25) is 4.79 Å². The van der Waals surface area contributed by atoms with E-state index in [-0.39, 0.29) is 19.1 Å². The van der Waals surface area contributed by atoms with E-state index < -0.39 is 5.54 Å². The SMILES string of the molecule is CC(CO)(CO)NC(=O)c1ccc(-c2ccccc2)cc1. The summed E-state index contributed by atoms with van der Waals surface area (Å²) in [6.07, 6.45) is 0. The summed E-state index contributed by atoms with van der Waals surface area (Å²) in [6, 6.07) is 17.1. The molecule has 3 N–H and O–H groups in total. The number of amides is 1. The molecule has 2 rings (SSSR count). The summed E-state index contributed by atoms with van der Waals surface area (Å²) in [5.74, 6) is -0.319. The van der Waals surface area contributed by atoms with Crippen molar-refractivity contribution in [3.05, 3.63) is 60.2 Å². The zero-order chi connectivity index (χ0) is 15.3. The molecule has 0 aromatic heterocycles. The molecular weight excluding hydrogens is 266 g/mol. The zero-order valence-corrected chi connectivity index (χ0v) is 11.9. The first kappa shape index (κ1) is 15.2. The number of hydrogen-bond acceptors (Lipinski definition) is 3. The van der Waals surface area contributed by atoms with Gasteiger partial charge < -0.3 is 15.5 Å². The molecule has 4 heteroatoms. The van der Waals surface area contributed by atoms with Crippen LogP contribution in [0.15, 0.2) is 54.6 Å². The Morgan fingerprint density at radius 1 is 0.952 bits per heavy atom. The maximum Gasteiger partial charge on any atom is 0.251 e. The lowest BCUT2D eigenvalue weighted by molar-refractivity contribution is 0.0724. The van der Waals surface area contributed by atoms with Gasteiger partial charge in [0.2, 0.25) is 0 Å². The zero-order valence-electron chi connectivity index (χ0n) is 11.9. The predicted molar refractivity (Wildman–Crippen MR) is 81.9 cm³/mol. The number of benzene rings is 2. The Balaban J connectivity index is 2.14. The van der Waals surface area contributed by atoms with E-state index in [2.05, 4.69) is 5.32 Å². The second-order valence-electron chi connectivity index (χ2n) is 5.27. The number of nitrogens with one attached hydrogen (secondary N) is 1. The Kier molecular flexibility index (Phi) is 4.73. The number of aliphatic hydroxyl groups is 2. The quantitative estimate of drug-likeness (QED) is 0.785. The Labute approximate surface area is 124 Å². The van der Waals surface area contributed by atoms with E-state index in [0.29, 0.717) is 5.56 Å². The molecule has 0 fully saturated rings. The largest absolute Gasteiger partial charge is 0.394 e. The third-order valence-electron chi connectivity index (χ3n) is 3.37. The summed E-state index contributed by atoms with van der Waals surface area (Å²) < 4.78 is 0. The van der Waals surface area contributed by atoms with Crippen molar-refractivity contribution < 1.29 is 15.0 Å². The van der Waals surface area contributed by atoms with E-state index in [1.54, 1.807) is 19.1 Å². The topological polar surface area (TPSA) is 69.6 Å². The first-order chi connectivity index (χ1) is 10.1. The average Bonchev–Trinajstić information content (AvgIpc) is 2.55. The maximum atomic E-state index is 12.1. The molecule has 0 saturated heterocycles. The number of carbonyl (C=O) groups excluding carboxylic acids is 1. The van der Waals surface area contributed by atoms with Gasteiger partial charge in [0.1, 0.15) is 0 Å². The molecule has 110 valence electrons. The summed E-state index contributed by atoms with van der Waals surface area (Å²) in [7, 11) is 0. The fraction of sp³-hybridized carbons (Fsp3) is 0.235. The Morgan fingerprint density at radius 2 is 1.48 bits per heavy atom. The van der Waals surface area contributed by atoms with Crippen LogP contribution in [-0.2, 0) is 0 Å².